The summed E-state index contributed by atoms with van der Waals surface area (Å²) < 4.78 is 0. The number of hydrogen-bond acceptors (Lipinski definition) is 3. The number of aliphatic hydroxyl groups excluding tert-OH is 1. The number of carbonyl (C=O) groups is 1. The minimum Gasteiger partial charge on any atom is -0.514 e. The summed E-state index contributed by atoms with van der Waals surface area (Å²) in [5.41, 5.74) is 0.264. The molecule has 0 atom stereocenters. The third-order valence-electron chi connectivity index (χ3n) is 1.25. The lowest BCUT2D eigenvalue weighted by atomic mass is 10.3. The normalized spacial score (nSPS) is 23.9. The fourth-order valence-electron chi connectivity index (χ4n) is 0.726. The monoisotopic (exact) mass is 129 g/mol. The zero-order valence-corrected chi connectivity index (χ0v) is 4.74. The molecule has 0 aromatic rings. The van der Waals surface area contributed by atoms with Crippen molar-refractivity contribution in [3.8, 4) is 0 Å². The Labute approximate surface area is 52.0 Å². The molecule has 0 aromatic heterocycles. The van der Waals surface area contributed by atoms with Crippen molar-refractivity contribution in [1.29, 1.82) is 0 Å². The Morgan fingerprint density at radius 1 is 1.56 bits per heavy atom. The van der Waals surface area contributed by atoms with E-state index in [0.29, 0.717) is 11.5 Å². The topological polar surface area (TPSA) is 60.8 Å². The van der Waals surface area contributed by atoms with E-state index < -0.39 is 0 Å². The average molecular weight is 129 g/mol. The highest BCUT2D eigenvalue weighted by molar-refractivity contribution is 5.79. The molecule has 4 heteroatoms. The Balaban J connectivity index is 2.73. The summed E-state index contributed by atoms with van der Waals surface area (Å²) >= 11 is 0. The van der Waals surface area contributed by atoms with Crippen LogP contribution in [0.3, 0.4) is 0 Å². The number of carbonyl (C=O) groups excluding carboxylic acids is 1. The quantitative estimate of drug-likeness (QED) is 0.367. The molecule has 1 heterocycles. The number of nitrogens with zero attached hydrogens (tertiary/aromatic N) is 1. The largest absolute Gasteiger partial charge is 0.514 e. The Morgan fingerprint density at radius 2 is 2.22 bits per heavy atom. The van der Waals surface area contributed by atoms with Gasteiger partial charge in [-0.2, -0.15) is 5.06 Å². The second kappa shape index (κ2) is 2.06. The van der Waals surface area contributed by atoms with E-state index in [0.717, 1.165) is 6.26 Å². The van der Waals surface area contributed by atoms with Crippen LogP contribution in [0.25, 0.3) is 0 Å². The van der Waals surface area contributed by atoms with Gasteiger partial charge in [-0.05, 0) is 0 Å². The van der Waals surface area contributed by atoms with Crippen molar-refractivity contribution in [2.45, 2.75) is 12.8 Å². The Hall–Kier alpha value is -1.03. The number of allylic oxidation sites excluding steroid dienone is 1. The van der Waals surface area contributed by atoms with Gasteiger partial charge in [-0.15, -0.1) is 0 Å². The van der Waals surface area contributed by atoms with E-state index >= 15 is 0 Å². The van der Waals surface area contributed by atoms with Gasteiger partial charge < -0.3 is 5.11 Å². The van der Waals surface area contributed by atoms with E-state index in [1.54, 1.807) is 0 Å². The predicted molar refractivity (Wildman–Crippen MR) is 28.6 cm³/mol. The van der Waals surface area contributed by atoms with E-state index in [2.05, 4.69) is 0 Å². The van der Waals surface area contributed by atoms with E-state index in [4.69, 9.17) is 10.3 Å². The van der Waals surface area contributed by atoms with Gasteiger partial charge in [0, 0.05) is 12.8 Å². The Morgan fingerprint density at radius 3 is 2.44 bits per heavy atom. The number of aliphatic hydroxyl groups is 1. The summed E-state index contributed by atoms with van der Waals surface area (Å²) in [6.45, 7) is 0. The van der Waals surface area contributed by atoms with Gasteiger partial charge in [0.25, 0.3) is 5.91 Å². The van der Waals surface area contributed by atoms with Gasteiger partial charge in [0.1, 0.15) is 6.26 Å². The lowest BCUT2D eigenvalue weighted by Gasteiger charge is -2.04. The zero-order chi connectivity index (χ0) is 6.85. The highest BCUT2D eigenvalue weighted by Gasteiger charge is 2.23. The molecule has 1 fully saturated rings. The molecule has 0 unspecified atom stereocenters. The molecule has 0 bridgehead atoms. The van der Waals surface area contributed by atoms with Gasteiger partial charge >= 0.3 is 0 Å². The van der Waals surface area contributed by atoms with Gasteiger partial charge in [0.2, 0.25) is 0 Å². The van der Waals surface area contributed by atoms with E-state index in [-0.39, 0.29) is 18.0 Å². The summed E-state index contributed by atoms with van der Waals surface area (Å²) in [6.07, 6.45) is 1.44. The smallest absolute Gasteiger partial charge is 0.250 e. The van der Waals surface area contributed by atoms with Crippen molar-refractivity contribution in [1.82, 2.24) is 5.06 Å². The van der Waals surface area contributed by atoms with Crippen molar-refractivity contribution in [3.63, 3.8) is 0 Å². The molecule has 1 aliphatic heterocycles. The molecule has 1 amide bonds. The van der Waals surface area contributed by atoms with Gasteiger partial charge in [0.15, 0.2) is 0 Å². The summed E-state index contributed by atoms with van der Waals surface area (Å²) in [5.74, 6) is -0.365. The maximum Gasteiger partial charge on any atom is 0.250 e. The van der Waals surface area contributed by atoms with Crippen molar-refractivity contribution < 1.29 is 15.1 Å². The third-order valence-corrected chi connectivity index (χ3v) is 1.25. The van der Waals surface area contributed by atoms with Crippen molar-refractivity contribution in [2.24, 2.45) is 0 Å². The molecule has 1 saturated heterocycles. The summed E-state index contributed by atoms with van der Waals surface area (Å²) in [4.78, 5) is 10.5. The molecule has 50 valence electrons. The average Bonchev–Trinajstić information content (AvgIpc) is 2.15. The van der Waals surface area contributed by atoms with Crippen LogP contribution in [0.15, 0.2) is 12.0 Å². The summed E-state index contributed by atoms with van der Waals surface area (Å²) in [6, 6.07) is 0. The van der Waals surface area contributed by atoms with Gasteiger partial charge in [-0.3, -0.25) is 10.0 Å². The predicted octanol–water partition coefficient (Wildman–Crippen LogP) is 0.397. The number of amides is 1. The number of hydrogen-bond donors (Lipinski definition) is 2. The molecular formula is C5H7NO3. The fraction of sp³-hybridized carbons (Fsp3) is 0.400. The first-order valence-corrected chi connectivity index (χ1v) is 2.61. The first kappa shape index (κ1) is 6.10. The van der Waals surface area contributed by atoms with E-state index in [1.165, 1.54) is 0 Å². The van der Waals surface area contributed by atoms with Crippen LogP contribution in [0.5, 0.6) is 0 Å². The van der Waals surface area contributed by atoms with Crippen LogP contribution in [-0.2, 0) is 4.79 Å². The molecule has 0 saturated carbocycles. The second-order valence-corrected chi connectivity index (χ2v) is 1.83. The fourth-order valence-corrected chi connectivity index (χ4v) is 0.726. The first-order chi connectivity index (χ1) is 4.25. The van der Waals surface area contributed by atoms with Crippen LogP contribution in [-0.4, -0.2) is 21.3 Å². The molecule has 0 radical (unpaired) electrons. The van der Waals surface area contributed by atoms with E-state index in [9.17, 15) is 4.79 Å². The van der Waals surface area contributed by atoms with Crippen molar-refractivity contribution in [2.75, 3.05) is 0 Å². The molecule has 4 nitrogen and oxygen atoms in total. The standard InChI is InChI=1S/C5H7NO3/c7-3-4-1-2-5(8)6(4)9/h3,7,9H,1-2H2/b4-3+. The number of hydroxylamine groups is 2. The lowest BCUT2D eigenvalue weighted by molar-refractivity contribution is -0.151. The lowest BCUT2D eigenvalue weighted by Crippen LogP contribution is -2.17. The molecule has 9 heavy (non-hydrogen) atoms. The maximum atomic E-state index is 10.5. The molecule has 0 aromatic carbocycles. The maximum absolute atomic E-state index is 10.5. The van der Waals surface area contributed by atoms with Gasteiger partial charge in [-0.25, -0.2) is 0 Å². The SMILES string of the molecule is O=C1CC/C(=C\O)N1O. The third kappa shape index (κ3) is 0.882. The molecule has 0 spiro atoms. The van der Waals surface area contributed by atoms with Crippen LogP contribution in [0.1, 0.15) is 12.8 Å². The molecule has 1 rings (SSSR count). The van der Waals surface area contributed by atoms with Crippen molar-refractivity contribution >= 4 is 5.91 Å². The molecule has 2 N–H and O–H groups in total. The second-order valence-electron chi connectivity index (χ2n) is 1.83. The van der Waals surface area contributed by atoms with Gasteiger partial charge in [0.05, 0.1) is 5.70 Å². The van der Waals surface area contributed by atoms with E-state index in [1.807, 2.05) is 0 Å². The number of rotatable bonds is 0. The Bertz CT molecular complexity index is 164. The van der Waals surface area contributed by atoms with Crippen molar-refractivity contribution in [3.05, 3.63) is 12.0 Å². The molecule has 0 aliphatic carbocycles. The minimum absolute atomic E-state index is 0.264. The first-order valence-electron chi connectivity index (χ1n) is 2.61. The Kier molecular flexibility index (Phi) is 1.40. The summed E-state index contributed by atoms with van der Waals surface area (Å²) in [5, 5.41) is 17.5. The highest BCUT2D eigenvalue weighted by Crippen LogP contribution is 2.18. The highest BCUT2D eigenvalue weighted by atomic mass is 16.5. The molecular weight excluding hydrogens is 122 g/mol. The van der Waals surface area contributed by atoms with Crippen LogP contribution < -0.4 is 0 Å². The summed E-state index contributed by atoms with van der Waals surface area (Å²) in [7, 11) is 0. The van der Waals surface area contributed by atoms with Gasteiger partial charge in [-0.1, -0.05) is 0 Å². The van der Waals surface area contributed by atoms with Crippen LogP contribution in [0, 0.1) is 0 Å². The minimum atomic E-state index is -0.365. The van der Waals surface area contributed by atoms with Crippen LogP contribution in [0.2, 0.25) is 0 Å². The zero-order valence-electron chi connectivity index (χ0n) is 4.74. The van der Waals surface area contributed by atoms with Crippen LogP contribution in [0.4, 0.5) is 0 Å². The molecule has 1 aliphatic rings. The van der Waals surface area contributed by atoms with Crippen LogP contribution >= 0.6 is 0 Å².